The van der Waals surface area contributed by atoms with E-state index < -0.39 is 0 Å². The Morgan fingerprint density at radius 3 is 2.45 bits per heavy atom. The quantitative estimate of drug-likeness (QED) is 0.482. The van der Waals surface area contributed by atoms with Crippen LogP contribution in [0.5, 0.6) is 5.75 Å². The molecule has 0 fully saturated rings. The number of thioether (sulfide) groups is 1. The van der Waals surface area contributed by atoms with Crippen molar-refractivity contribution in [2.24, 2.45) is 5.92 Å². The fourth-order valence-corrected chi connectivity index (χ4v) is 4.31. The maximum absolute atomic E-state index is 12.7. The second-order valence-electron chi connectivity index (χ2n) is 7.72. The third kappa shape index (κ3) is 5.47. The third-order valence-electron chi connectivity index (χ3n) is 5.21. The van der Waals surface area contributed by atoms with Gasteiger partial charge in [-0.2, -0.15) is 0 Å². The molecule has 1 heterocycles. The molecule has 1 amide bonds. The molecule has 3 rings (SSSR count). The Labute approximate surface area is 188 Å². The second-order valence-corrected chi connectivity index (χ2v) is 8.66. The normalized spacial score (nSPS) is 12.1. The summed E-state index contributed by atoms with van der Waals surface area (Å²) in [6.45, 7) is 9.07. The summed E-state index contributed by atoms with van der Waals surface area (Å²) in [6.07, 6.45) is 0. The molecule has 0 aliphatic carbocycles. The Balaban J connectivity index is 1.69. The maximum atomic E-state index is 12.7. The Morgan fingerprint density at radius 1 is 1.13 bits per heavy atom. The summed E-state index contributed by atoms with van der Waals surface area (Å²) in [5.74, 6) is 2.15. The standard InChI is InChI=1S/C24H30N4O2S/c1-6-28-23(20-10-8-7-9-17(20)4)26-27-24(28)31-15-21(29)25-22(16(2)3)18-11-13-19(30-5)14-12-18/h7-14,16,22H,6,15H2,1-5H3,(H,25,29). The van der Waals surface area contributed by atoms with Gasteiger partial charge in [0, 0.05) is 12.1 Å². The van der Waals surface area contributed by atoms with E-state index in [1.54, 1.807) is 7.11 Å². The lowest BCUT2D eigenvalue weighted by Crippen LogP contribution is -2.33. The summed E-state index contributed by atoms with van der Waals surface area (Å²) in [5, 5.41) is 12.7. The molecule has 0 saturated heterocycles. The monoisotopic (exact) mass is 438 g/mol. The van der Waals surface area contributed by atoms with Crippen LogP contribution in [-0.4, -0.2) is 33.5 Å². The lowest BCUT2D eigenvalue weighted by molar-refractivity contribution is -0.119. The number of ether oxygens (including phenoxy) is 1. The van der Waals surface area contributed by atoms with Gasteiger partial charge in [0.05, 0.1) is 18.9 Å². The number of amides is 1. The van der Waals surface area contributed by atoms with Gasteiger partial charge in [-0.25, -0.2) is 0 Å². The minimum absolute atomic E-state index is 0.0254. The molecule has 7 heteroatoms. The van der Waals surface area contributed by atoms with Gasteiger partial charge in [-0.15, -0.1) is 10.2 Å². The van der Waals surface area contributed by atoms with Crippen molar-refractivity contribution in [2.75, 3.05) is 12.9 Å². The predicted molar refractivity (Wildman–Crippen MR) is 125 cm³/mol. The highest BCUT2D eigenvalue weighted by Gasteiger charge is 2.20. The first-order valence-corrected chi connectivity index (χ1v) is 11.5. The second kappa shape index (κ2) is 10.5. The van der Waals surface area contributed by atoms with Crippen LogP contribution in [0.15, 0.2) is 53.7 Å². The van der Waals surface area contributed by atoms with Gasteiger partial charge in [-0.05, 0) is 43.0 Å². The lowest BCUT2D eigenvalue weighted by atomic mass is 9.96. The Morgan fingerprint density at radius 2 is 1.84 bits per heavy atom. The zero-order valence-electron chi connectivity index (χ0n) is 18.8. The number of methoxy groups -OCH3 is 1. The van der Waals surface area contributed by atoms with Gasteiger partial charge in [0.25, 0.3) is 0 Å². The third-order valence-corrected chi connectivity index (χ3v) is 6.18. The predicted octanol–water partition coefficient (Wildman–Crippen LogP) is 4.89. The summed E-state index contributed by atoms with van der Waals surface area (Å²) in [4.78, 5) is 12.7. The molecule has 0 aliphatic rings. The van der Waals surface area contributed by atoms with Gasteiger partial charge in [-0.3, -0.25) is 4.79 Å². The molecule has 1 aromatic heterocycles. The van der Waals surface area contributed by atoms with E-state index in [9.17, 15) is 4.79 Å². The highest BCUT2D eigenvalue weighted by molar-refractivity contribution is 7.99. The highest BCUT2D eigenvalue weighted by Crippen LogP contribution is 2.27. The molecular weight excluding hydrogens is 408 g/mol. The molecule has 164 valence electrons. The van der Waals surface area contributed by atoms with Crippen molar-refractivity contribution in [1.29, 1.82) is 0 Å². The first kappa shape index (κ1) is 22.9. The number of carbonyl (C=O) groups excluding carboxylic acids is 1. The summed E-state index contributed by atoms with van der Waals surface area (Å²) in [5.41, 5.74) is 3.28. The first-order chi connectivity index (χ1) is 14.9. The van der Waals surface area contributed by atoms with Crippen molar-refractivity contribution in [1.82, 2.24) is 20.1 Å². The number of aromatic nitrogens is 3. The number of hydrogen-bond donors (Lipinski definition) is 1. The van der Waals surface area contributed by atoms with Crippen LogP contribution >= 0.6 is 11.8 Å². The molecule has 1 atom stereocenters. The smallest absolute Gasteiger partial charge is 0.230 e. The van der Waals surface area contributed by atoms with Crippen LogP contribution in [-0.2, 0) is 11.3 Å². The minimum Gasteiger partial charge on any atom is -0.497 e. The van der Waals surface area contributed by atoms with Crippen molar-refractivity contribution in [2.45, 2.75) is 45.4 Å². The van der Waals surface area contributed by atoms with Gasteiger partial charge in [0.15, 0.2) is 11.0 Å². The van der Waals surface area contributed by atoms with Crippen LogP contribution in [0.25, 0.3) is 11.4 Å². The highest BCUT2D eigenvalue weighted by atomic mass is 32.2. The minimum atomic E-state index is -0.0643. The van der Waals surface area contributed by atoms with E-state index in [1.807, 2.05) is 36.4 Å². The van der Waals surface area contributed by atoms with Crippen LogP contribution in [0, 0.1) is 12.8 Å². The van der Waals surface area contributed by atoms with E-state index >= 15 is 0 Å². The summed E-state index contributed by atoms with van der Waals surface area (Å²) < 4.78 is 7.29. The Bertz CT molecular complexity index is 1010. The van der Waals surface area contributed by atoms with Crippen molar-refractivity contribution < 1.29 is 9.53 Å². The number of rotatable bonds is 9. The molecule has 1 N–H and O–H groups in total. The average Bonchev–Trinajstić information content (AvgIpc) is 3.19. The lowest BCUT2D eigenvalue weighted by Gasteiger charge is -2.23. The molecule has 0 radical (unpaired) electrons. The zero-order valence-corrected chi connectivity index (χ0v) is 19.6. The average molecular weight is 439 g/mol. The van der Waals surface area contributed by atoms with Crippen LogP contribution in [0.4, 0.5) is 0 Å². The van der Waals surface area contributed by atoms with Gasteiger partial charge >= 0.3 is 0 Å². The van der Waals surface area contributed by atoms with Gasteiger partial charge in [-0.1, -0.05) is 62.0 Å². The number of nitrogens with one attached hydrogen (secondary N) is 1. The fourth-order valence-electron chi connectivity index (χ4n) is 3.49. The molecule has 2 aromatic carbocycles. The van der Waals surface area contributed by atoms with E-state index in [0.717, 1.165) is 40.0 Å². The number of carbonyl (C=O) groups is 1. The molecule has 6 nitrogen and oxygen atoms in total. The van der Waals surface area contributed by atoms with Crippen molar-refractivity contribution >= 4 is 17.7 Å². The van der Waals surface area contributed by atoms with Crippen LogP contribution in [0.1, 0.15) is 37.9 Å². The largest absolute Gasteiger partial charge is 0.497 e. The van der Waals surface area contributed by atoms with E-state index in [2.05, 4.69) is 59.9 Å². The summed E-state index contributed by atoms with van der Waals surface area (Å²) in [6, 6.07) is 15.9. The van der Waals surface area contributed by atoms with E-state index in [0.29, 0.717) is 0 Å². The topological polar surface area (TPSA) is 69.0 Å². The molecule has 1 unspecified atom stereocenters. The number of hydrogen-bond acceptors (Lipinski definition) is 5. The number of aryl methyl sites for hydroxylation is 1. The Hall–Kier alpha value is -2.80. The van der Waals surface area contributed by atoms with Crippen LogP contribution in [0.2, 0.25) is 0 Å². The van der Waals surface area contributed by atoms with E-state index in [4.69, 9.17) is 4.74 Å². The van der Waals surface area contributed by atoms with E-state index in [1.165, 1.54) is 11.8 Å². The van der Waals surface area contributed by atoms with Gasteiger partial charge in [0.2, 0.25) is 5.91 Å². The molecular formula is C24H30N4O2S. The fraction of sp³-hybridized carbons (Fsp3) is 0.375. The Kier molecular flexibility index (Phi) is 7.74. The van der Waals surface area contributed by atoms with Gasteiger partial charge < -0.3 is 14.6 Å². The number of benzene rings is 2. The molecule has 0 saturated carbocycles. The van der Waals surface area contributed by atoms with Crippen molar-refractivity contribution in [3.8, 4) is 17.1 Å². The number of nitrogens with zero attached hydrogens (tertiary/aromatic N) is 3. The first-order valence-electron chi connectivity index (χ1n) is 10.5. The van der Waals surface area contributed by atoms with E-state index in [-0.39, 0.29) is 23.6 Å². The van der Waals surface area contributed by atoms with Crippen molar-refractivity contribution in [3.63, 3.8) is 0 Å². The van der Waals surface area contributed by atoms with Gasteiger partial charge in [0.1, 0.15) is 5.75 Å². The van der Waals surface area contributed by atoms with Crippen molar-refractivity contribution in [3.05, 3.63) is 59.7 Å². The molecule has 3 aromatic rings. The summed E-state index contributed by atoms with van der Waals surface area (Å²) >= 11 is 1.41. The van der Waals surface area contributed by atoms with Crippen LogP contribution < -0.4 is 10.1 Å². The maximum Gasteiger partial charge on any atom is 0.230 e. The summed E-state index contributed by atoms with van der Waals surface area (Å²) in [7, 11) is 1.65. The van der Waals surface area contributed by atoms with Crippen LogP contribution in [0.3, 0.4) is 0 Å². The SMILES string of the molecule is CCn1c(SCC(=O)NC(c2ccc(OC)cc2)C(C)C)nnc1-c1ccccc1C. The molecule has 0 spiro atoms. The molecule has 31 heavy (non-hydrogen) atoms. The molecule has 0 bridgehead atoms. The zero-order chi connectivity index (χ0) is 22.4. The molecule has 0 aliphatic heterocycles.